The van der Waals surface area contributed by atoms with Crippen LogP contribution >= 0.6 is 0 Å². The van der Waals surface area contributed by atoms with Crippen LogP contribution in [0, 0.1) is 5.92 Å². The number of amides is 1. The van der Waals surface area contributed by atoms with Gasteiger partial charge in [0, 0.05) is 6.42 Å². The molecule has 4 nitrogen and oxygen atoms in total. The molecule has 0 aromatic rings. The molecular formula is C12H23NO3. The maximum Gasteiger partial charge on any atom is 0.329 e. The molecular weight excluding hydrogens is 206 g/mol. The Labute approximate surface area is 97.4 Å². The lowest BCUT2D eigenvalue weighted by Crippen LogP contribution is -2.55. The highest BCUT2D eigenvalue weighted by Gasteiger charge is 2.37. The number of nitrogens with one attached hydrogen (secondary N) is 1. The summed E-state index contributed by atoms with van der Waals surface area (Å²) < 4.78 is 0. The summed E-state index contributed by atoms with van der Waals surface area (Å²) in [5.74, 6) is -1.29. The van der Waals surface area contributed by atoms with E-state index in [2.05, 4.69) is 12.2 Å². The topological polar surface area (TPSA) is 66.4 Å². The first-order valence-corrected chi connectivity index (χ1v) is 5.89. The van der Waals surface area contributed by atoms with Gasteiger partial charge in [-0.2, -0.15) is 0 Å². The minimum Gasteiger partial charge on any atom is -0.480 e. The first-order chi connectivity index (χ1) is 7.34. The molecule has 94 valence electrons. The molecule has 0 fully saturated rings. The molecule has 0 aliphatic heterocycles. The Balaban J connectivity index is 4.31. The molecule has 0 rings (SSSR count). The third kappa shape index (κ3) is 4.21. The van der Waals surface area contributed by atoms with E-state index in [4.69, 9.17) is 5.11 Å². The maximum absolute atomic E-state index is 11.6. The monoisotopic (exact) mass is 229 g/mol. The molecule has 4 heteroatoms. The van der Waals surface area contributed by atoms with Crippen LogP contribution in [-0.2, 0) is 9.59 Å². The number of unbranched alkanes of at least 4 members (excludes halogenated alkanes) is 2. The predicted molar refractivity (Wildman–Crippen MR) is 63.2 cm³/mol. The summed E-state index contributed by atoms with van der Waals surface area (Å²) >= 11 is 0. The Morgan fingerprint density at radius 3 is 2.25 bits per heavy atom. The van der Waals surface area contributed by atoms with Crippen molar-refractivity contribution in [2.45, 2.75) is 58.9 Å². The van der Waals surface area contributed by atoms with E-state index in [1.807, 2.05) is 0 Å². The molecule has 16 heavy (non-hydrogen) atoms. The number of hydrogen-bond acceptors (Lipinski definition) is 2. The molecule has 0 aromatic heterocycles. The first-order valence-electron chi connectivity index (χ1n) is 5.89. The van der Waals surface area contributed by atoms with Gasteiger partial charge < -0.3 is 10.4 Å². The molecule has 0 heterocycles. The largest absolute Gasteiger partial charge is 0.480 e. The Kier molecular flexibility index (Phi) is 6.08. The molecule has 1 amide bonds. The third-order valence-corrected chi connectivity index (χ3v) is 3.01. The van der Waals surface area contributed by atoms with Crippen molar-refractivity contribution in [1.29, 1.82) is 0 Å². The van der Waals surface area contributed by atoms with Crippen molar-refractivity contribution in [2.75, 3.05) is 0 Å². The van der Waals surface area contributed by atoms with Crippen molar-refractivity contribution < 1.29 is 14.7 Å². The quantitative estimate of drug-likeness (QED) is 0.657. The van der Waals surface area contributed by atoms with Crippen LogP contribution in [0.1, 0.15) is 53.4 Å². The number of carbonyl (C=O) groups is 2. The highest BCUT2D eigenvalue weighted by atomic mass is 16.4. The number of rotatable bonds is 7. The van der Waals surface area contributed by atoms with Crippen molar-refractivity contribution in [3.05, 3.63) is 0 Å². The lowest BCUT2D eigenvalue weighted by Gasteiger charge is -2.30. The van der Waals surface area contributed by atoms with Crippen LogP contribution in [0.25, 0.3) is 0 Å². The summed E-state index contributed by atoms with van der Waals surface area (Å²) in [7, 11) is 0. The second-order valence-electron chi connectivity index (χ2n) is 4.67. The first kappa shape index (κ1) is 14.9. The highest BCUT2D eigenvalue weighted by molar-refractivity contribution is 5.86. The highest BCUT2D eigenvalue weighted by Crippen LogP contribution is 2.17. The fourth-order valence-corrected chi connectivity index (χ4v) is 1.33. The SMILES string of the molecule is CCCCCC(=O)NC(C)(C(=O)O)C(C)C. The van der Waals surface area contributed by atoms with Crippen LogP contribution in [0.2, 0.25) is 0 Å². The molecule has 0 saturated carbocycles. The van der Waals surface area contributed by atoms with Gasteiger partial charge >= 0.3 is 5.97 Å². The average molecular weight is 229 g/mol. The fourth-order valence-electron chi connectivity index (χ4n) is 1.33. The van der Waals surface area contributed by atoms with Gasteiger partial charge in [0.15, 0.2) is 0 Å². The van der Waals surface area contributed by atoms with Gasteiger partial charge in [0.2, 0.25) is 5.91 Å². The van der Waals surface area contributed by atoms with Crippen LogP contribution < -0.4 is 5.32 Å². The van der Waals surface area contributed by atoms with E-state index in [1.165, 1.54) is 0 Å². The van der Waals surface area contributed by atoms with E-state index in [1.54, 1.807) is 20.8 Å². The van der Waals surface area contributed by atoms with Gasteiger partial charge in [-0.3, -0.25) is 4.79 Å². The molecule has 0 spiro atoms. The van der Waals surface area contributed by atoms with Gasteiger partial charge in [-0.05, 0) is 19.3 Å². The lowest BCUT2D eigenvalue weighted by molar-refractivity contribution is -0.149. The van der Waals surface area contributed by atoms with Gasteiger partial charge in [0.05, 0.1) is 0 Å². The number of hydrogen-bond donors (Lipinski definition) is 2. The average Bonchev–Trinajstić information content (AvgIpc) is 2.17. The molecule has 1 unspecified atom stereocenters. The van der Waals surface area contributed by atoms with Gasteiger partial charge in [-0.1, -0.05) is 33.6 Å². The lowest BCUT2D eigenvalue weighted by atomic mass is 9.88. The molecule has 2 N–H and O–H groups in total. The molecule has 0 saturated heterocycles. The van der Waals surface area contributed by atoms with Crippen LogP contribution in [0.4, 0.5) is 0 Å². The van der Waals surface area contributed by atoms with E-state index in [-0.39, 0.29) is 11.8 Å². The van der Waals surface area contributed by atoms with E-state index in [0.717, 1.165) is 19.3 Å². The van der Waals surface area contributed by atoms with E-state index in [0.29, 0.717) is 6.42 Å². The Bertz CT molecular complexity index is 251. The Morgan fingerprint density at radius 1 is 1.31 bits per heavy atom. The van der Waals surface area contributed by atoms with Gasteiger partial charge in [0.1, 0.15) is 5.54 Å². The zero-order valence-corrected chi connectivity index (χ0v) is 10.7. The molecule has 1 atom stereocenters. The summed E-state index contributed by atoms with van der Waals surface area (Å²) in [5, 5.41) is 11.7. The summed E-state index contributed by atoms with van der Waals surface area (Å²) in [6.45, 7) is 7.20. The van der Waals surface area contributed by atoms with Crippen molar-refractivity contribution in [3.8, 4) is 0 Å². The number of carbonyl (C=O) groups excluding carboxylic acids is 1. The second kappa shape index (κ2) is 6.51. The summed E-state index contributed by atoms with van der Waals surface area (Å²) in [6.07, 6.45) is 3.27. The van der Waals surface area contributed by atoms with Crippen molar-refractivity contribution in [1.82, 2.24) is 5.32 Å². The minimum absolute atomic E-state index is 0.139. The van der Waals surface area contributed by atoms with E-state index < -0.39 is 11.5 Å². The normalized spacial score (nSPS) is 14.6. The van der Waals surface area contributed by atoms with Crippen LogP contribution in [0.15, 0.2) is 0 Å². The predicted octanol–water partition coefficient (Wildman–Crippen LogP) is 2.18. The number of carboxylic acid groups (broad SMARTS) is 1. The van der Waals surface area contributed by atoms with Gasteiger partial charge in [0.25, 0.3) is 0 Å². The smallest absolute Gasteiger partial charge is 0.329 e. The second-order valence-corrected chi connectivity index (χ2v) is 4.67. The molecule has 0 aliphatic carbocycles. The van der Waals surface area contributed by atoms with Crippen LogP contribution in [0.5, 0.6) is 0 Å². The van der Waals surface area contributed by atoms with Crippen molar-refractivity contribution in [3.63, 3.8) is 0 Å². The zero-order valence-electron chi connectivity index (χ0n) is 10.7. The standard InChI is InChI=1S/C12H23NO3/c1-5-6-7-8-10(14)13-12(4,9(2)3)11(15)16/h9H,5-8H2,1-4H3,(H,13,14)(H,15,16). The van der Waals surface area contributed by atoms with E-state index in [9.17, 15) is 9.59 Å². The van der Waals surface area contributed by atoms with Crippen molar-refractivity contribution >= 4 is 11.9 Å². The Morgan fingerprint density at radius 2 is 1.88 bits per heavy atom. The zero-order chi connectivity index (χ0) is 12.8. The van der Waals surface area contributed by atoms with Gasteiger partial charge in [-0.15, -0.1) is 0 Å². The maximum atomic E-state index is 11.6. The number of aliphatic carboxylic acids is 1. The number of carboxylic acids is 1. The Hall–Kier alpha value is -1.06. The third-order valence-electron chi connectivity index (χ3n) is 3.01. The molecule has 0 bridgehead atoms. The summed E-state index contributed by atoms with van der Waals surface area (Å²) in [6, 6.07) is 0. The molecule has 0 aliphatic rings. The van der Waals surface area contributed by atoms with Crippen molar-refractivity contribution in [2.24, 2.45) is 5.92 Å². The van der Waals surface area contributed by atoms with Crippen LogP contribution in [-0.4, -0.2) is 22.5 Å². The fraction of sp³-hybridized carbons (Fsp3) is 0.833. The summed E-state index contributed by atoms with van der Waals surface area (Å²) in [5.41, 5.74) is -1.16. The molecule has 0 radical (unpaired) electrons. The molecule has 0 aromatic carbocycles. The minimum atomic E-state index is -1.16. The van der Waals surface area contributed by atoms with E-state index >= 15 is 0 Å². The van der Waals surface area contributed by atoms with Gasteiger partial charge in [-0.25, -0.2) is 4.79 Å². The summed E-state index contributed by atoms with van der Waals surface area (Å²) in [4.78, 5) is 22.7. The van der Waals surface area contributed by atoms with Crippen LogP contribution in [0.3, 0.4) is 0 Å².